The summed E-state index contributed by atoms with van der Waals surface area (Å²) in [5, 5.41) is 15.3. The van der Waals surface area contributed by atoms with Gasteiger partial charge in [0.2, 0.25) is 0 Å². The molecule has 1 atom stereocenters. The third-order valence-corrected chi connectivity index (χ3v) is 3.63. The molecule has 0 spiro atoms. The summed E-state index contributed by atoms with van der Waals surface area (Å²) in [4.78, 5) is 11.1. The number of hydrogen-bond donors (Lipinski definition) is 3. The van der Waals surface area contributed by atoms with Gasteiger partial charge in [-0.1, -0.05) is 36.4 Å². The van der Waals surface area contributed by atoms with Crippen molar-refractivity contribution in [2.24, 2.45) is 0 Å². The van der Waals surface area contributed by atoms with Crippen LogP contribution >= 0.6 is 0 Å². The molecular weight excluding hydrogens is 292 g/mol. The number of methoxy groups -OCH3 is 1. The molecule has 0 aliphatic rings. The molecule has 122 valence electrons. The van der Waals surface area contributed by atoms with E-state index in [2.05, 4.69) is 22.3 Å². The minimum absolute atomic E-state index is 0.0508. The molecule has 1 amide bonds. The summed E-state index contributed by atoms with van der Waals surface area (Å²) >= 11 is 0. The molecule has 0 saturated heterocycles. The predicted molar refractivity (Wildman–Crippen MR) is 90.1 cm³/mol. The maximum Gasteiger partial charge on any atom is 0.411 e. The molecule has 0 saturated carbocycles. The molecule has 1 unspecified atom stereocenters. The number of carbonyl (C=O) groups excluding carboxylic acids is 1. The van der Waals surface area contributed by atoms with Gasteiger partial charge in [0, 0.05) is 18.3 Å². The highest BCUT2D eigenvalue weighted by Gasteiger charge is 2.06. The Morgan fingerprint density at radius 1 is 1.17 bits per heavy atom. The second-order valence-electron chi connectivity index (χ2n) is 5.32. The fraction of sp³-hybridized carbons (Fsp3) is 0.278. The van der Waals surface area contributed by atoms with Crippen LogP contribution in [0, 0.1) is 0 Å². The molecular formula is C18H22N2O3. The summed E-state index contributed by atoms with van der Waals surface area (Å²) in [6.07, 6.45) is -0.478. The SMILES string of the molecule is COC(=O)Nc1ccc(CNC(C)c2cccc(CO)c2)cc1. The fourth-order valence-corrected chi connectivity index (χ4v) is 2.22. The van der Waals surface area contributed by atoms with E-state index in [1.807, 2.05) is 48.5 Å². The topological polar surface area (TPSA) is 70.6 Å². The molecule has 2 aromatic carbocycles. The lowest BCUT2D eigenvalue weighted by Gasteiger charge is -2.15. The molecule has 0 aliphatic carbocycles. The zero-order valence-electron chi connectivity index (χ0n) is 13.4. The summed E-state index contributed by atoms with van der Waals surface area (Å²) < 4.78 is 4.55. The average Bonchev–Trinajstić information content (AvgIpc) is 2.60. The van der Waals surface area contributed by atoms with Gasteiger partial charge >= 0.3 is 6.09 Å². The molecule has 5 heteroatoms. The number of hydrogen-bond acceptors (Lipinski definition) is 4. The van der Waals surface area contributed by atoms with Gasteiger partial charge in [-0.2, -0.15) is 0 Å². The maximum atomic E-state index is 11.1. The fourth-order valence-electron chi connectivity index (χ4n) is 2.22. The Labute approximate surface area is 136 Å². The lowest BCUT2D eigenvalue weighted by Crippen LogP contribution is -2.18. The summed E-state index contributed by atoms with van der Waals surface area (Å²) in [5.74, 6) is 0. The van der Waals surface area contributed by atoms with Crippen molar-refractivity contribution >= 4 is 11.8 Å². The molecule has 2 rings (SSSR count). The van der Waals surface area contributed by atoms with E-state index in [0.717, 1.165) is 16.7 Å². The van der Waals surface area contributed by atoms with Gasteiger partial charge in [-0.05, 0) is 35.7 Å². The van der Waals surface area contributed by atoms with Crippen LogP contribution in [-0.2, 0) is 17.9 Å². The molecule has 0 heterocycles. The van der Waals surface area contributed by atoms with Gasteiger partial charge in [-0.3, -0.25) is 5.32 Å². The van der Waals surface area contributed by atoms with Gasteiger partial charge in [0.1, 0.15) is 0 Å². The van der Waals surface area contributed by atoms with Crippen LogP contribution in [0.5, 0.6) is 0 Å². The Balaban J connectivity index is 1.91. The molecule has 0 aliphatic heterocycles. The number of carbonyl (C=O) groups is 1. The number of nitrogens with one attached hydrogen (secondary N) is 2. The lowest BCUT2D eigenvalue weighted by atomic mass is 10.1. The van der Waals surface area contributed by atoms with Crippen molar-refractivity contribution in [3.05, 3.63) is 65.2 Å². The number of anilines is 1. The number of rotatable bonds is 6. The van der Waals surface area contributed by atoms with Gasteiger partial charge in [-0.25, -0.2) is 4.79 Å². The van der Waals surface area contributed by atoms with Crippen LogP contribution in [0.15, 0.2) is 48.5 Å². The van der Waals surface area contributed by atoms with E-state index in [1.54, 1.807) is 0 Å². The van der Waals surface area contributed by atoms with Gasteiger partial charge in [0.25, 0.3) is 0 Å². The first-order valence-corrected chi connectivity index (χ1v) is 7.49. The van der Waals surface area contributed by atoms with E-state index in [1.165, 1.54) is 7.11 Å². The molecule has 0 fully saturated rings. The van der Waals surface area contributed by atoms with Crippen LogP contribution in [0.4, 0.5) is 10.5 Å². The number of aliphatic hydroxyl groups is 1. The minimum Gasteiger partial charge on any atom is -0.453 e. The Morgan fingerprint density at radius 2 is 1.91 bits per heavy atom. The average molecular weight is 314 g/mol. The molecule has 23 heavy (non-hydrogen) atoms. The largest absolute Gasteiger partial charge is 0.453 e. The van der Waals surface area contributed by atoms with Crippen molar-refractivity contribution in [2.45, 2.75) is 26.1 Å². The molecule has 0 aromatic heterocycles. The number of aliphatic hydroxyl groups excluding tert-OH is 1. The van der Waals surface area contributed by atoms with Crippen LogP contribution in [-0.4, -0.2) is 18.3 Å². The molecule has 0 radical (unpaired) electrons. The van der Waals surface area contributed by atoms with Crippen molar-refractivity contribution in [1.29, 1.82) is 0 Å². The Morgan fingerprint density at radius 3 is 2.57 bits per heavy atom. The van der Waals surface area contributed by atoms with Crippen LogP contribution in [0.1, 0.15) is 29.7 Å². The van der Waals surface area contributed by atoms with E-state index in [0.29, 0.717) is 12.2 Å². The standard InChI is InChI=1S/C18H22N2O3/c1-13(16-5-3-4-15(10-16)12-21)19-11-14-6-8-17(9-7-14)20-18(22)23-2/h3-10,13,19,21H,11-12H2,1-2H3,(H,20,22). The first kappa shape index (κ1) is 17.0. The van der Waals surface area contributed by atoms with Crippen molar-refractivity contribution in [3.8, 4) is 0 Å². The van der Waals surface area contributed by atoms with Gasteiger partial charge < -0.3 is 15.2 Å². The van der Waals surface area contributed by atoms with E-state index in [9.17, 15) is 9.90 Å². The van der Waals surface area contributed by atoms with E-state index >= 15 is 0 Å². The first-order valence-electron chi connectivity index (χ1n) is 7.49. The van der Waals surface area contributed by atoms with Crippen molar-refractivity contribution < 1.29 is 14.6 Å². The normalized spacial score (nSPS) is 11.8. The van der Waals surface area contributed by atoms with Gasteiger partial charge in [0.15, 0.2) is 0 Å². The summed E-state index contributed by atoms with van der Waals surface area (Å²) in [6, 6.07) is 15.7. The van der Waals surface area contributed by atoms with E-state index < -0.39 is 6.09 Å². The predicted octanol–water partition coefficient (Wildman–Crippen LogP) is 3.21. The zero-order chi connectivity index (χ0) is 16.7. The second kappa shape index (κ2) is 8.31. The van der Waals surface area contributed by atoms with Gasteiger partial charge in [0.05, 0.1) is 13.7 Å². The molecule has 5 nitrogen and oxygen atoms in total. The Bertz CT molecular complexity index is 641. The van der Waals surface area contributed by atoms with Crippen molar-refractivity contribution in [2.75, 3.05) is 12.4 Å². The molecule has 2 aromatic rings. The number of amides is 1. The van der Waals surface area contributed by atoms with E-state index in [4.69, 9.17) is 0 Å². The molecule has 0 bridgehead atoms. The minimum atomic E-state index is -0.478. The third-order valence-electron chi connectivity index (χ3n) is 3.63. The van der Waals surface area contributed by atoms with Crippen molar-refractivity contribution in [1.82, 2.24) is 5.32 Å². The highest BCUT2D eigenvalue weighted by molar-refractivity contribution is 5.84. The summed E-state index contributed by atoms with van der Waals surface area (Å²) in [5.41, 5.74) is 3.87. The highest BCUT2D eigenvalue weighted by Crippen LogP contribution is 2.16. The summed E-state index contributed by atoms with van der Waals surface area (Å²) in [7, 11) is 1.33. The number of ether oxygens (including phenoxy) is 1. The Kier molecular flexibility index (Phi) is 6.14. The highest BCUT2D eigenvalue weighted by atomic mass is 16.5. The van der Waals surface area contributed by atoms with Crippen LogP contribution < -0.4 is 10.6 Å². The van der Waals surface area contributed by atoms with Crippen molar-refractivity contribution in [3.63, 3.8) is 0 Å². The van der Waals surface area contributed by atoms with E-state index in [-0.39, 0.29) is 12.6 Å². The van der Waals surface area contributed by atoms with Gasteiger partial charge in [-0.15, -0.1) is 0 Å². The monoisotopic (exact) mass is 314 g/mol. The van der Waals surface area contributed by atoms with Crippen LogP contribution in [0.3, 0.4) is 0 Å². The quantitative estimate of drug-likeness (QED) is 0.766. The zero-order valence-corrected chi connectivity index (χ0v) is 13.4. The molecule has 3 N–H and O–H groups in total. The van der Waals surface area contributed by atoms with Crippen LogP contribution in [0.2, 0.25) is 0 Å². The smallest absolute Gasteiger partial charge is 0.411 e. The second-order valence-corrected chi connectivity index (χ2v) is 5.32. The third kappa shape index (κ3) is 5.09. The lowest BCUT2D eigenvalue weighted by molar-refractivity contribution is 0.187. The number of benzene rings is 2. The van der Waals surface area contributed by atoms with Crippen LogP contribution in [0.25, 0.3) is 0 Å². The Hall–Kier alpha value is -2.37. The summed E-state index contributed by atoms with van der Waals surface area (Å²) in [6.45, 7) is 2.85. The first-order chi connectivity index (χ1) is 11.1. The maximum absolute atomic E-state index is 11.1.